The van der Waals surface area contributed by atoms with Gasteiger partial charge in [0.05, 0.1) is 31.3 Å². The second-order valence-electron chi connectivity index (χ2n) is 8.95. The van der Waals surface area contributed by atoms with Crippen molar-refractivity contribution in [1.82, 2.24) is 19.7 Å². The van der Waals surface area contributed by atoms with Gasteiger partial charge in [-0.15, -0.1) is 5.10 Å². The molecule has 36 heavy (non-hydrogen) atoms. The molecule has 0 amide bonds. The number of fused-ring (bicyclic) bond motifs is 1. The van der Waals surface area contributed by atoms with Gasteiger partial charge in [-0.3, -0.25) is 4.72 Å². The van der Waals surface area contributed by atoms with Crippen LogP contribution in [0.15, 0.2) is 48.7 Å². The van der Waals surface area contributed by atoms with Crippen LogP contribution in [0.5, 0.6) is 5.75 Å². The third kappa shape index (κ3) is 5.39. The molecule has 2 aromatic carbocycles. The third-order valence-corrected chi connectivity index (χ3v) is 6.77. The molecule has 2 aliphatic heterocycles. The van der Waals surface area contributed by atoms with Crippen LogP contribution in [-0.4, -0.2) is 74.7 Å². The number of benzene rings is 2. The topological polar surface area (TPSA) is 108 Å². The van der Waals surface area contributed by atoms with Crippen molar-refractivity contribution in [3.05, 3.63) is 54.5 Å². The van der Waals surface area contributed by atoms with E-state index in [0.717, 1.165) is 61.1 Å². The van der Waals surface area contributed by atoms with Gasteiger partial charge in [0.15, 0.2) is 5.82 Å². The highest BCUT2D eigenvalue weighted by Crippen LogP contribution is 2.33. The van der Waals surface area contributed by atoms with Crippen LogP contribution in [-0.2, 0) is 16.6 Å². The molecule has 1 aromatic heterocycles. The molecule has 0 spiro atoms. The molecule has 0 aliphatic carbocycles. The number of hydrogen-bond acceptors (Lipinski definition) is 9. The molecule has 2 aliphatic rings. The van der Waals surface area contributed by atoms with Crippen LogP contribution >= 0.6 is 0 Å². The molecule has 12 heteroatoms. The van der Waals surface area contributed by atoms with Crippen molar-refractivity contribution in [2.75, 3.05) is 66.4 Å². The maximum atomic E-state index is 11.6. The number of ether oxygens (including phenoxy) is 1. The first-order valence-electron chi connectivity index (χ1n) is 11.6. The summed E-state index contributed by atoms with van der Waals surface area (Å²) in [5.74, 6) is 2.04. The number of piperazine rings is 1. The van der Waals surface area contributed by atoms with Gasteiger partial charge < -0.3 is 24.8 Å². The number of nitrogens with zero attached hydrogens (tertiary/aromatic N) is 6. The van der Waals surface area contributed by atoms with Crippen molar-refractivity contribution in [2.24, 2.45) is 0 Å². The normalized spacial score (nSPS) is 16.1. The lowest BCUT2D eigenvalue weighted by Gasteiger charge is -2.34. The van der Waals surface area contributed by atoms with Crippen molar-refractivity contribution >= 4 is 44.9 Å². The van der Waals surface area contributed by atoms with Crippen LogP contribution in [0.25, 0.3) is 6.20 Å². The summed E-state index contributed by atoms with van der Waals surface area (Å²) in [6.07, 6.45) is 4.84. The Morgan fingerprint density at radius 1 is 1.00 bits per heavy atom. The Kier molecular flexibility index (Phi) is 6.46. The summed E-state index contributed by atoms with van der Waals surface area (Å²) in [6, 6.07) is 13.3. The zero-order valence-corrected chi connectivity index (χ0v) is 21.4. The number of aromatic nitrogens is 3. The first-order valence-corrected chi connectivity index (χ1v) is 13.5. The average Bonchev–Trinajstić information content (AvgIpc) is 3.25. The van der Waals surface area contributed by atoms with Crippen LogP contribution < -0.4 is 24.6 Å². The summed E-state index contributed by atoms with van der Waals surface area (Å²) in [6.45, 7) is 4.46. The van der Waals surface area contributed by atoms with Crippen LogP contribution in [0.2, 0.25) is 0 Å². The van der Waals surface area contributed by atoms with E-state index in [-0.39, 0.29) is 0 Å². The van der Waals surface area contributed by atoms with Gasteiger partial charge in [0.1, 0.15) is 5.75 Å². The summed E-state index contributed by atoms with van der Waals surface area (Å²) in [7, 11) is 0.475. The summed E-state index contributed by atoms with van der Waals surface area (Å²) >= 11 is 0. The molecule has 0 radical (unpaired) electrons. The van der Waals surface area contributed by atoms with E-state index in [4.69, 9.17) is 4.74 Å². The lowest BCUT2D eigenvalue weighted by molar-refractivity contribution is 0.311. The minimum Gasteiger partial charge on any atom is -0.495 e. The van der Waals surface area contributed by atoms with Crippen molar-refractivity contribution in [3.63, 3.8) is 0 Å². The maximum Gasteiger partial charge on any atom is 0.247 e. The monoisotopic (exact) mass is 510 g/mol. The van der Waals surface area contributed by atoms with E-state index in [1.807, 2.05) is 41.6 Å². The number of anilines is 5. The standard InChI is InChI=1S/C24H30N8O3S/c1-29-9-11-30(12-10-29)21-8-7-18(16-22(21)35-2)25-24-26-23-17-31(13-14-32(23)27-24)20-6-4-5-19(15-20)28-36(3,33)34/h4-8,13-16,28H,9-12,17H2,1-3H3,(H,25,27). The fourth-order valence-electron chi connectivity index (χ4n) is 4.32. The Labute approximate surface area is 211 Å². The summed E-state index contributed by atoms with van der Waals surface area (Å²) < 4.78 is 33.1. The smallest absolute Gasteiger partial charge is 0.247 e. The summed E-state index contributed by atoms with van der Waals surface area (Å²) in [4.78, 5) is 11.3. The Balaban J connectivity index is 1.29. The molecule has 0 saturated carbocycles. The molecule has 0 unspecified atom stereocenters. The number of rotatable bonds is 7. The van der Waals surface area contributed by atoms with E-state index in [2.05, 4.69) is 43.0 Å². The van der Waals surface area contributed by atoms with E-state index in [1.165, 1.54) is 0 Å². The molecule has 0 atom stereocenters. The molecular weight excluding hydrogens is 480 g/mol. The molecule has 11 nitrogen and oxygen atoms in total. The predicted molar refractivity (Wildman–Crippen MR) is 142 cm³/mol. The second kappa shape index (κ2) is 9.70. The predicted octanol–water partition coefficient (Wildman–Crippen LogP) is 2.60. The molecule has 2 N–H and O–H groups in total. The Morgan fingerprint density at radius 3 is 2.56 bits per heavy atom. The lowest BCUT2D eigenvalue weighted by atomic mass is 10.2. The molecule has 3 aromatic rings. The number of nitrogens with one attached hydrogen (secondary N) is 2. The van der Waals surface area contributed by atoms with E-state index >= 15 is 0 Å². The second-order valence-corrected chi connectivity index (χ2v) is 10.7. The van der Waals surface area contributed by atoms with E-state index < -0.39 is 10.0 Å². The molecule has 1 fully saturated rings. The van der Waals surface area contributed by atoms with Gasteiger partial charge in [0.2, 0.25) is 16.0 Å². The number of sulfonamides is 1. The summed E-state index contributed by atoms with van der Waals surface area (Å²) in [5, 5.41) is 7.83. The molecule has 190 valence electrons. The van der Waals surface area contributed by atoms with E-state index in [0.29, 0.717) is 18.2 Å². The maximum absolute atomic E-state index is 11.6. The van der Waals surface area contributed by atoms with Crippen LogP contribution in [0.1, 0.15) is 5.82 Å². The number of methoxy groups -OCH3 is 1. The van der Waals surface area contributed by atoms with Gasteiger partial charge in [-0.1, -0.05) is 6.07 Å². The van der Waals surface area contributed by atoms with Crippen LogP contribution in [0.4, 0.5) is 28.7 Å². The van der Waals surface area contributed by atoms with E-state index in [1.54, 1.807) is 23.9 Å². The Bertz CT molecular complexity index is 1380. The quantitative estimate of drug-likeness (QED) is 0.496. The summed E-state index contributed by atoms with van der Waals surface area (Å²) in [5.41, 5.74) is 3.27. The highest BCUT2D eigenvalue weighted by Gasteiger charge is 2.20. The number of likely N-dealkylation sites (N-methyl/N-ethyl adjacent to an activating group) is 1. The van der Waals surface area contributed by atoms with Crippen molar-refractivity contribution in [3.8, 4) is 5.75 Å². The van der Waals surface area contributed by atoms with Gasteiger partial charge in [0.25, 0.3) is 0 Å². The van der Waals surface area contributed by atoms with Gasteiger partial charge >= 0.3 is 0 Å². The fourth-order valence-corrected chi connectivity index (χ4v) is 4.87. The van der Waals surface area contributed by atoms with E-state index in [9.17, 15) is 8.42 Å². The Morgan fingerprint density at radius 2 is 1.81 bits per heavy atom. The minimum absolute atomic E-state index is 0.485. The Hall–Kier alpha value is -3.77. The van der Waals surface area contributed by atoms with Gasteiger partial charge in [-0.25, -0.2) is 13.1 Å². The minimum atomic E-state index is -3.35. The first kappa shape index (κ1) is 23.9. The molecule has 5 rings (SSSR count). The van der Waals surface area contributed by atoms with Crippen molar-refractivity contribution < 1.29 is 13.2 Å². The largest absolute Gasteiger partial charge is 0.495 e. The molecule has 0 bridgehead atoms. The molecule has 3 heterocycles. The first-order chi connectivity index (χ1) is 17.3. The number of hydrogen-bond donors (Lipinski definition) is 2. The van der Waals surface area contributed by atoms with Gasteiger partial charge in [0, 0.05) is 56.0 Å². The van der Waals surface area contributed by atoms with Crippen molar-refractivity contribution in [1.29, 1.82) is 0 Å². The SMILES string of the molecule is COc1cc(Nc2nc3n(n2)C=CN(c2cccc(NS(C)(=O)=O)c2)C3)ccc1N1CCN(C)CC1. The molecular formula is C24H30N8O3S. The van der Waals surface area contributed by atoms with Crippen LogP contribution in [0.3, 0.4) is 0 Å². The average molecular weight is 511 g/mol. The van der Waals surface area contributed by atoms with Crippen molar-refractivity contribution in [2.45, 2.75) is 6.54 Å². The third-order valence-electron chi connectivity index (χ3n) is 6.16. The highest BCUT2D eigenvalue weighted by molar-refractivity contribution is 7.92. The fraction of sp³-hybridized carbons (Fsp3) is 0.333. The van der Waals surface area contributed by atoms with Gasteiger partial charge in [-0.2, -0.15) is 4.98 Å². The zero-order chi connectivity index (χ0) is 25.3. The zero-order valence-electron chi connectivity index (χ0n) is 20.5. The highest BCUT2D eigenvalue weighted by atomic mass is 32.2. The molecule has 1 saturated heterocycles. The van der Waals surface area contributed by atoms with Gasteiger partial charge in [-0.05, 0) is 37.4 Å². The lowest BCUT2D eigenvalue weighted by Crippen LogP contribution is -2.44. The van der Waals surface area contributed by atoms with Crippen LogP contribution in [0, 0.1) is 0 Å².